The number of rotatable bonds is 12. The van der Waals surface area contributed by atoms with Gasteiger partial charge < -0.3 is 11.1 Å². The third-order valence-corrected chi connectivity index (χ3v) is 2.85. The monoisotopic (exact) mass is 214 g/mol. The number of hydrogen-bond acceptors (Lipinski definition) is 2. The number of unbranched alkanes of at least 4 members (excludes halogenated alkanes) is 9. The molecule has 15 heavy (non-hydrogen) atoms. The van der Waals surface area contributed by atoms with E-state index in [0.29, 0.717) is 6.67 Å². The minimum atomic E-state index is 0.622. The summed E-state index contributed by atoms with van der Waals surface area (Å²) in [6, 6.07) is 0. The van der Waals surface area contributed by atoms with Gasteiger partial charge in [-0.25, -0.2) is 0 Å². The molecule has 0 atom stereocenters. The van der Waals surface area contributed by atoms with Gasteiger partial charge in [-0.05, 0) is 13.0 Å². The molecule has 0 spiro atoms. The van der Waals surface area contributed by atoms with Gasteiger partial charge in [0.05, 0.1) is 0 Å². The zero-order valence-corrected chi connectivity index (χ0v) is 10.6. The van der Waals surface area contributed by atoms with Crippen molar-refractivity contribution >= 4 is 0 Å². The summed E-state index contributed by atoms with van der Waals surface area (Å²) in [5.41, 5.74) is 5.34. The van der Waals surface area contributed by atoms with Gasteiger partial charge in [0.15, 0.2) is 0 Å². The van der Waals surface area contributed by atoms with Crippen LogP contribution < -0.4 is 11.1 Å². The zero-order valence-electron chi connectivity index (χ0n) is 10.6. The van der Waals surface area contributed by atoms with E-state index in [9.17, 15) is 0 Å². The van der Waals surface area contributed by atoms with Crippen molar-refractivity contribution in [2.24, 2.45) is 5.73 Å². The average Bonchev–Trinajstić information content (AvgIpc) is 2.26. The fraction of sp³-hybridized carbons (Fsp3) is 1.00. The van der Waals surface area contributed by atoms with Crippen molar-refractivity contribution in [3.8, 4) is 0 Å². The SMILES string of the molecule is CCCCCCCCCCCCNCN. The Morgan fingerprint density at radius 3 is 1.67 bits per heavy atom. The largest absolute Gasteiger partial charge is 0.318 e. The first kappa shape index (κ1) is 14.9. The van der Waals surface area contributed by atoms with Gasteiger partial charge in [0.2, 0.25) is 0 Å². The lowest BCUT2D eigenvalue weighted by atomic mass is 10.1. The maximum atomic E-state index is 5.34. The van der Waals surface area contributed by atoms with Gasteiger partial charge in [0, 0.05) is 6.67 Å². The first-order valence-electron chi connectivity index (χ1n) is 6.82. The Labute approximate surface area is 96.0 Å². The molecule has 3 N–H and O–H groups in total. The van der Waals surface area contributed by atoms with Crippen molar-refractivity contribution in [1.82, 2.24) is 5.32 Å². The molecule has 0 unspecified atom stereocenters. The summed E-state index contributed by atoms with van der Waals surface area (Å²) >= 11 is 0. The van der Waals surface area contributed by atoms with Gasteiger partial charge >= 0.3 is 0 Å². The predicted octanol–water partition coefficient (Wildman–Crippen LogP) is 3.41. The van der Waals surface area contributed by atoms with Crippen LogP contribution in [0.4, 0.5) is 0 Å². The molecule has 0 aliphatic heterocycles. The molecule has 0 radical (unpaired) electrons. The van der Waals surface area contributed by atoms with Crippen LogP contribution in [-0.2, 0) is 0 Å². The number of hydrogen-bond donors (Lipinski definition) is 2. The minimum Gasteiger partial charge on any atom is -0.318 e. The van der Waals surface area contributed by atoms with Gasteiger partial charge in [-0.3, -0.25) is 0 Å². The van der Waals surface area contributed by atoms with Gasteiger partial charge in [-0.1, -0.05) is 64.7 Å². The van der Waals surface area contributed by atoms with Crippen molar-refractivity contribution in [2.45, 2.75) is 71.1 Å². The Morgan fingerprint density at radius 2 is 1.20 bits per heavy atom. The van der Waals surface area contributed by atoms with Crippen molar-refractivity contribution in [3.63, 3.8) is 0 Å². The Morgan fingerprint density at radius 1 is 0.733 bits per heavy atom. The fourth-order valence-corrected chi connectivity index (χ4v) is 1.84. The Balaban J connectivity index is 2.81. The van der Waals surface area contributed by atoms with E-state index in [4.69, 9.17) is 5.73 Å². The summed E-state index contributed by atoms with van der Waals surface area (Å²) < 4.78 is 0. The molecule has 0 rings (SSSR count). The average molecular weight is 214 g/mol. The summed E-state index contributed by atoms with van der Waals surface area (Å²) in [4.78, 5) is 0. The highest BCUT2D eigenvalue weighted by molar-refractivity contribution is 4.49. The van der Waals surface area contributed by atoms with E-state index >= 15 is 0 Å². The summed E-state index contributed by atoms with van der Waals surface area (Å²) in [6.45, 7) is 3.99. The van der Waals surface area contributed by atoms with Crippen molar-refractivity contribution in [1.29, 1.82) is 0 Å². The van der Waals surface area contributed by atoms with Crippen LogP contribution in [0, 0.1) is 0 Å². The molecule has 0 fully saturated rings. The van der Waals surface area contributed by atoms with Crippen molar-refractivity contribution in [3.05, 3.63) is 0 Å². The van der Waals surface area contributed by atoms with E-state index < -0.39 is 0 Å². The molecular formula is C13H30N2. The van der Waals surface area contributed by atoms with Crippen LogP contribution in [0.2, 0.25) is 0 Å². The molecule has 0 aromatic rings. The second-order valence-electron chi connectivity index (χ2n) is 4.39. The van der Waals surface area contributed by atoms with Gasteiger partial charge in [-0.15, -0.1) is 0 Å². The summed E-state index contributed by atoms with van der Waals surface area (Å²) in [5, 5.41) is 3.15. The summed E-state index contributed by atoms with van der Waals surface area (Å²) in [5.74, 6) is 0. The summed E-state index contributed by atoms with van der Waals surface area (Å²) in [6.07, 6.45) is 14.0. The quantitative estimate of drug-likeness (QED) is 0.386. The van der Waals surface area contributed by atoms with Crippen LogP contribution in [-0.4, -0.2) is 13.2 Å². The molecule has 0 aliphatic rings. The smallest absolute Gasteiger partial charge is 0.0428 e. The van der Waals surface area contributed by atoms with Gasteiger partial charge in [0.25, 0.3) is 0 Å². The van der Waals surface area contributed by atoms with E-state index in [1.165, 1.54) is 64.2 Å². The molecule has 0 bridgehead atoms. The Bertz CT molecular complexity index is 92.7. The topological polar surface area (TPSA) is 38.0 Å². The first-order valence-corrected chi connectivity index (χ1v) is 6.82. The maximum absolute atomic E-state index is 5.34. The minimum absolute atomic E-state index is 0.622. The second-order valence-corrected chi connectivity index (χ2v) is 4.39. The molecule has 0 amide bonds. The van der Waals surface area contributed by atoms with Crippen LogP contribution in [0.3, 0.4) is 0 Å². The number of nitrogens with two attached hydrogens (primary N) is 1. The van der Waals surface area contributed by atoms with E-state index in [2.05, 4.69) is 12.2 Å². The van der Waals surface area contributed by atoms with Gasteiger partial charge in [0.1, 0.15) is 0 Å². The third-order valence-electron chi connectivity index (χ3n) is 2.85. The molecule has 92 valence electrons. The normalized spacial score (nSPS) is 10.8. The molecule has 0 saturated carbocycles. The summed E-state index contributed by atoms with van der Waals surface area (Å²) in [7, 11) is 0. The van der Waals surface area contributed by atoms with Gasteiger partial charge in [-0.2, -0.15) is 0 Å². The Hall–Kier alpha value is -0.0800. The number of nitrogens with one attached hydrogen (secondary N) is 1. The molecule has 0 heterocycles. The maximum Gasteiger partial charge on any atom is 0.0428 e. The van der Waals surface area contributed by atoms with Crippen LogP contribution in [0.5, 0.6) is 0 Å². The third kappa shape index (κ3) is 13.9. The highest BCUT2D eigenvalue weighted by Gasteiger charge is 1.91. The van der Waals surface area contributed by atoms with Crippen LogP contribution in [0.25, 0.3) is 0 Å². The lowest BCUT2D eigenvalue weighted by Crippen LogP contribution is -2.23. The Kier molecular flexibility index (Phi) is 13.8. The van der Waals surface area contributed by atoms with Crippen LogP contribution >= 0.6 is 0 Å². The lowest BCUT2D eigenvalue weighted by molar-refractivity contribution is 0.545. The molecular weight excluding hydrogens is 184 g/mol. The molecule has 0 aliphatic carbocycles. The molecule has 0 saturated heterocycles. The lowest BCUT2D eigenvalue weighted by Gasteiger charge is -2.02. The first-order chi connectivity index (χ1) is 7.41. The predicted molar refractivity (Wildman–Crippen MR) is 68.9 cm³/mol. The molecule has 0 aromatic carbocycles. The van der Waals surface area contributed by atoms with Crippen LogP contribution in [0.15, 0.2) is 0 Å². The van der Waals surface area contributed by atoms with Crippen molar-refractivity contribution in [2.75, 3.05) is 13.2 Å². The van der Waals surface area contributed by atoms with E-state index in [-0.39, 0.29) is 0 Å². The van der Waals surface area contributed by atoms with Crippen LogP contribution in [0.1, 0.15) is 71.1 Å². The molecule has 2 nitrogen and oxygen atoms in total. The standard InChI is InChI=1S/C13H30N2/c1-2-3-4-5-6-7-8-9-10-11-12-15-13-14/h15H,2-14H2,1H3. The van der Waals surface area contributed by atoms with E-state index in [1.54, 1.807) is 0 Å². The fourth-order valence-electron chi connectivity index (χ4n) is 1.84. The molecule has 0 aromatic heterocycles. The van der Waals surface area contributed by atoms with E-state index in [0.717, 1.165) is 6.54 Å². The zero-order chi connectivity index (χ0) is 11.2. The highest BCUT2D eigenvalue weighted by atomic mass is 14.9. The molecule has 2 heteroatoms. The highest BCUT2D eigenvalue weighted by Crippen LogP contribution is 2.09. The second kappa shape index (κ2) is 13.9. The van der Waals surface area contributed by atoms with Crippen molar-refractivity contribution < 1.29 is 0 Å². The van der Waals surface area contributed by atoms with E-state index in [1.807, 2.05) is 0 Å².